The molecule has 0 aliphatic heterocycles. The summed E-state index contributed by atoms with van der Waals surface area (Å²) in [6.45, 7) is 4.30. The second-order valence-corrected chi connectivity index (χ2v) is 9.11. The van der Waals surface area contributed by atoms with Crippen LogP contribution >= 0.6 is 11.3 Å². The number of aromatic nitrogens is 2. The van der Waals surface area contributed by atoms with Crippen LogP contribution in [0.15, 0.2) is 50.9 Å². The summed E-state index contributed by atoms with van der Waals surface area (Å²) in [5.74, 6) is -0.225. The summed E-state index contributed by atoms with van der Waals surface area (Å²) in [6, 6.07) is 7.36. The van der Waals surface area contributed by atoms with E-state index in [-0.39, 0.29) is 18.0 Å². The highest BCUT2D eigenvalue weighted by atomic mass is 32.1. The third-order valence-corrected chi connectivity index (χ3v) is 6.57. The maximum atomic E-state index is 13.3. The predicted octanol–water partition coefficient (Wildman–Crippen LogP) is 3.84. The molecule has 2 heterocycles. The SMILES string of the molecule is Cc1cc(C)cc(-n2c(=O)c3sccc3n(CC(=O)NCCC3=CCCCC3)c2=O)c1. The molecule has 1 aliphatic carbocycles. The summed E-state index contributed by atoms with van der Waals surface area (Å²) in [5, 5.41) is 4.71. The van der Waals surface area contributed by atoms with Gasteiger partial charge in [-0.25, -0.2) is 9.36 Å². The van der Waals surface area contributed by atoms with Crippen LogP contribution in [0.3, 0.4) is 0 Å². The highest BCUT2D eigenvalue weighted by Crippen LogP contribution is 2.20. The highest BCUT2D eigenvalue weighted by Gasteiger charge is 2.18. The molecule has 162 valence electrons. The van der Waals surface area contributed by atoms with Crippen molar-refractivity contribution in [3.05, 3.63) is 73.3 Å². The number of hydrogen-bond donors (Lipinski definition) is 1. The Labute approximate surface area is 184 Å². The second-order valence-electron chi connectivity index (χ2n) is 8.20. The Kier molecular flexibility index (Phi) is 6.23. The molecule has 0 radical (unpaired) electrons. The zero-order valence-electron chi connectivity index (χ0n) is 17.9. The molecule has 4 rings (SSSR count). The first-order valence-corrected chi connectivity index (χ1v) is 11.6. The van der Waals surface area contributed by atoms with Crippen LogP contribution < -0.4 is 16.6 Å². The molecular formula is C24H27N3O3S. The van der Waals surface area contributed by atoms with Crippen LogP contribution in [0.1, 0.15) is 43.2 Å². The zero-order chi connectivity index (χ0) is 22.0. The third-order valence-electron chi connectivity index (χ3n) is 5.67. The van der Waals surface area contributed by atoms with Crippen molar-refractivity contribution in [1.29, 1.82) is 0 Å². The van der Waals surface area contributed by atoms with Gasteiger partial charge in [-0.1, -0.05) is 17.7 Å². The fourth-order valence-corrected chi connectivity index (χ4v) is 5.07. The quantitative estimate of drug-likeness (QED) is 0.596. The average molecular weight is 438 g/mol. The van der Waals surface area contributed by atoms with Crippen molar-refractivity contribution in [2.45, 2.75) is 52.5 Å². The van der Waals surface area contributed by atoms with E-state index < -0.39 is 5.69 Å². The summed E-state index contributed by atoms with van der Waals surface area (Å²) in [5.41, 5.74) is 3.52. The predicted molar refractivity (Wildman–Crippen MR) is 125 cm³/mol. The molecule has 0 saturated heterocycles. The molecule has 31 heavy (non-hydrogen) atoms. The first-order valence-electron chi connectivity index (χ1n) is 10.7. The van der Waals surface area contributed by atoms with E-state index in [1.54, 1.807) is 11.4 Å². The molecule has 0 saturated carbocycles. The first kappa shape index (κ1) is 21.3. The number of aryl methyl sites for hydroxylation is 2. The number of allylic oxidation sites excluding steroid dienone is 1. The number of nitrogens with zero attached hydrogens (tertiary/aromatic N) is 2. The van der Waals surface area contributed by atoms with Crippen molar-refractivity contribution in [3.63, 3.8) is 0 Å². The van der Waals surface area contributed by atoms with E-state index in [4.69, 9.17) is 0 Å². The molecule has 1 amide bonds. The van der Waals surface area contributed by atoms with Gasteiger partial charge in [-0.2, -0.15) is 0 Å². The van der Waals surface area contributed by atoms with E-state index in [1.165, 1.54) is 38.9 Å². The number of thiophene rings is 1. The molecule has 2 aromatic heterocycles. The molecule has 0 unspecified atom stereocenters. The van der Waals surface area contributed by atoms with E-state index in [1.807, 2.05) is 32.0 Å². The van der Waals surface area contributed by atoms with Gasteiger partial charge in [-0.05, 0) is 80.7 Å². The lowest BCUT2D eigenvalue weighted by molar-refractivity contribution is -0.121. The summed E-state index contributed by atoms with van der Waals surface area (Å²) in [4.78, 5) is 39.0. The summed E-state index contributed by atoms with van der Waals surface area (Å²) in [7, 11) is 0. The molecule has 7 heteroatoms. The van der Waals surface area contributed by atoms with E-state index in [0.717, 1.165) is 30.4 Å². The second kappa shape index (κ2) is 9.06. The Hall–Kier alpha value is -2.93. The summed E-state index contributed by atoms with van der Waals surface area (Å²) in [6.07, 6.45) is 7.79. The van der Waals surface area contributed by atoms with E-state index in [9.17, 15) is 14.4 Å². The minimum absolute atomic E-state index is 0.115. The molecule has 1 N–H and O–H groups in total. The van der Waals surface area contributed by atoms with Crippen molar-refractivity contribution in [3.8, 4) is 5.69 Å². The molecule has 0 fully saturated rings. The van der Waals surface area contributed by atoms with Crippen LogP contribution in [0, 0.1) is 13.8 Å². The van der Waals surface area contributed by atoms with Crippen LogP contribution in [-0.4, -0.2) is 21.6 Å². The van der Waals surface area contributed by atoms with Crippen LogP contribution in [0.4, 0.5) is 0 Å². The maximum absolute atomic E-state index is 13.3. The van der Waals surface area contributed by atoms with Gasteiger partial charge in [0, 0.05) is 6.54 Å². The van der Waals surface area contributed by atoms with Crippen LogP contribution in [0.5, 0.6) is 0 Å². The Morgan fingerprint density at radius 3 is 2.61 bits per heavy atom. The highest BCUT2D eigenvalue weighted by molar-refractivity contribution is 7.17. The van der Waals surface area contributed by atoms with E-state index in [0.29, 0.717) is 22.4 Å². The maximum Gasteiger partial charge on any atom is 0.336 e. The zero-order valence-corrected chi connectivity index (χ0v) is 18.8. The average Bonchev–Trinajstić information content (AvgIpc) is 3.21. The topological polar surface area (TPSA) is 73.1 Å². The van der Waals surface area contributed by atoms with Crippen molar-refractivity contribution < 1.29 is 4.79 Å². The molecule has 3 aromatic rings. The van der Waals surface area contributed by atoms with Gasteiger partial charge in [-0.15, -0.1) is 11.3 Å². The molecular weight excluding hydrogens is 410 g/mol. The van der Waals surface area contributed by atoms with Crippen molar-refractivity contribution in [2.24, 2.45) is 0 Å². The Bertz CT molecular complexity index is 1260. The van der Waals surface area contributed by atoms with Gasteiger partial charge in [0.05, 0.1) is 11.2 Å². The van der Waals surface area contributed by atoms with Crippen molar-refractivity contribution in [1.82, 2.24) is 14.5 Å². The van der Waals surface area contributed by atoms with Gasteiger partial charge < -0.3 is 5.32 Å². The van der Waals surface area contributed by atoms with Gasteiger partial charge >= 0.3 is 5.69 Å². The van der Waals surface area contributed by atoms with Crippen LogP contribution in [0.2, 0.25) is 0 Å². The molecule has 0 atom stereocenters. The number of hydrogen-bond acceptors (Lipinski definition) is 4. The van der Waals surface area contributed by atoms with Gasteiger partial charge in [0.2, 0.25) is 5.91 Å². The number of amides is 1. The molecule has 0 spiro atoms. The standard InChI is InChI=1S/C24H27N3O3S/c1-16-12-17(2)14-19(13-16)27-23(29)22-20(9-11-31-22)26(24(27)30)15-21(28)25-10-8-18-6-4-3-5-7-18/h6,9,11-14H,3-5,7-8,10,15H2,1-2H3,(H,25,28). The lowest BCUT2D eigenvalue weighted by Crippen LogP contribution is -2.41. The molecule has 0 bridgehead atoms. The largest absolute Gasteiger partial charge is 0.354 e. The van der Waals surface area contributed by atoms with Gasteiger partial charge in [0.15, 0.2) is 0 Å². The number of carbonyl (C=O) groups is 1. The summed E-state index contributed by atoms with van der Waals surface area (Å²) >= 11 is 1.29. The van der Waals surface area contributed by atoms with Crippen molar-refractivity contribution in [2.75, 3.05) is 6.54 Å². The fraction of sp³-hybridized carbons (Fsp3) is 0.375. The number of fused-ring (bicyclic) bond motifs is 1. The van der Waals surface area contributed by atoms with E-state index in [2.05, 4.69) is 11.4 Å². The minimum Gasteiger partial charge on any atom is -0.354 e. The van der Waals surface area contributed by atoms with E-state index >= 15 is 0 Å². The fourth-order valence-electron chi connectivity index (χ4n) is 4.24. The van der Waals surface area contributed by atoms with Gasteiger partial charge in [0.25, 0.3) is 5.56 Å². The summed E-state index contributed by atoms with van der Waals surface area (Å²) < 4.78 is 3.05. The molecule has 6 nitrogen and oxygen atoms in total. The minimum atomic E-state index is -0.494. The van der Waals surface area contributed by atoms with Crippen molar-refractivity contribution >= 4 is 27.5 Å². The van der Waals surface area contributed by atoms with Crippen LogP contribution in [0.25, 0.3) is 15.9 Å². The third kappa shape index (κ3) is 4.56. The van der Waals surface area contributed by atoms with Gasteiger partial charge in [0.1, 0.15) is 11.2 Å². The smallest absolute Gasteiger partial charge is 0.336 e. The Morgan fingerprint density at radius 1 is 1.13 bits per heavy atom. The lowest BCUT2D eigenvalue weighted by Gasteiger charge is -2.15. The number of rotatable bonds is 6. The van der Waals surface area contributed by atoms with Gasteiger partial charge in [-0.3, -0.25) is 14.2 Å². The molecule has 1 aromatic carbocycles. The van der Waals surface area contributed by atoms with Crippen LogP contribution in [-0.2, 0) is 11.3 Å². The number of benzene rings is 1. The molecule has 1 aliphatic rings. The Morgan fingerprint density at radius 2 is 1.90 bits per heavy atom. The number of nitrogens with one attached hydrogen (secondary N) is 1. The normalized spacial score (nSPS) is 13.9. The first-order chi connectivity index (χ1) is 14.9. The number of carbonyl (C=O) groups excluding carboxylic acids is 1. The Balaban J connectivity index is 1.64. The lowest BCUT2D eigenvalue weighted by atomic mass is 9.97. The monoisotopic (exact) mass is 437 g/mol.